The molecule has 0 radical (unpaired) electrons. The summed E-state index contributed by atoms with van der Waals surface area (Å²) in [6, 6.07) is 3.97. The number of carbonyl (C=O) groups excluding carboxylic acids is 1. The van der Waals surface area contributed by atoms with Crippen molar-refractivity contribution in [3.8, 4) is 0 Å². The lowest BCUT2D eigenvalue weighted by Crippen LogP contribution is -2.13. The molecule has 0 bridgehead atoms. The van der Waals surface area contributed by atoms with E-state index in [9.17, 15) is 9.18 Å². The predicted octanol–water partition coefficient (Wildman–Crippen LogP) is 1.96. The molecular formula is C13H15FN4O. The van der Waals surface area contributed by atoms with Crippen LogP contribution in [0.2, 0.25) is 0 Å². The van der Waals surface area contributed by atoms with Crippen LogP contribution in [0.1, 0.15) is 23.0 Å². The van der Waals surface area contributed by atoms with E-state index in [4.69, 9.17) is 5.73 Å². The summed E-state index contributed by atoms with van der Waals surface area (Å²) in [5, 5.41) is 6.93. The summed E-state index contributed by atoms with van der Waals surface area (Å²) >= 11 is 0. The van der Waals surface area contributed by atoms with E-state index in [1.165, 1.54) is 12.1 Å². The van der Waals surface area contributed by atoms with E-state index in [0.29, 0.717) is 12.1 Å². The first-order valence-electron chi connectivity index (χ1n) is 5.90. The molecule has 19 heavy (non-hydrogen) atoms. The topological polar surface area (TPSA) is 72.9 Å². The van der Waals surface area contributed by atoms with E-state index in [2.05, 4.69) is 10.4 Å². The van der Waals surface area contributed by atoms with Crippen LogP contribution in [0.3, 0.4) is 0 Å². The molecule has 0 spiro atoms. The zero-order valence-corrected chi connectivity index (χ0v) is 10.8. The number of nitrogens with one attached hydrogen (secondary N) is 1. The van der Waals surface area contributed by atoms with Crippen LogP contribution in [0.5, 0.6) is 0 Å². The molecule has 1 heterocycles. The minimum Gasteiger partial charge on any atom is -0.396 e. The van der Waals surface area contributed by atoms with Gasteiger partial charge in [0.15, 0.2) is 0 Å². The Morgan fingerprint density at radius 1 is 1.53 bits per heavy atom. The second-order valence-corrected chi connectivity index (χ2v) is 4.21. The Bertz CT molecular complexity index is 621. The third-order valence-electron chi connectivity index (χ3n) is 2.75. The smallest absolute Gasteiger partial charge is 0.255 e. The molecule has 5 nitrogen and oxygen atoms in total. The van der Waals surface area contributed by atoms with Crippen LogP contribution >= 0.6 is 0 Å². The van der Waals surface area contributed by atoms with Gasteiger partial charge in [0, 0.05) is 18.8 Å². The lowest BCUT2D eigenvalue weighted by Gasteiger charge is -2.05. The van der Waals surface area contributed by atoms with Gasteiger partial charge in [-0.25, -0.2) is 4.39 Å². The van der Waals surface area contributed by atoms with Crippen molar-refractivity contribution in [1.29, 1.82) is 0 Å². The van der Waals surface area contributed by atoms with Gasteiger partial charge < -0.3 is 11.1 Å². The van der Waals surface area contributed by atoms with Crippen molar-refractivity contribution in [3.05, 3.63) is 41.5 Å². The van der Waals surface area contributed by atoms with Gasteiger partial charge in [-0.1, -0.05) is 6.92 Å². The first-order valence-corrected chi connectivity index (χ1v) is 5.90. The van der Waals surface area contributed by atoms with E-state index in [-0.39, 0.29) is 17.2 Å². The summed E-state index contributed by atoms with van der Waals surface area (Å²) in [6.07, 6.45) is 2.41. The number of halogens is 1. The summed E-state index contributed by atoms with van der Waals surface area (Å²) in [6.45, 7) is 1.95. The maximum Gasteiger partial charge on any atom is 0.255 e. The standard InChI is InChI=1S/C13H15FN4O/c1-3-11-12(7-18(2)17-11)16-13(19)8-4-5-10(15)9(14)6-8/h4-7H,3,15H2,1-2H3,(H,16,19). The first-order chi connectivity index (χ1) is 9.01. The van der Waals surface area contributed by atoms with Crippen LogP contribution in [0.4, 0.5) is 15.8 Å². The number of nitrogen functional groups attached to an aromatic ring is 1. The van der Waals surface area contributed by atoms with E-state index < -0.39 is 5.82 Å². The fraction of sp³-hybridized carbons (Fsp3) is 0.231. The molecule has 2 aromatic rings. The minimum absolute atomic E-state index is 0.0205. The highest BCUT2D eigenvalue weighted by atomic mass is 19.1. The molecule has 0 atom stereocenters. The van der Waals surface area contributed by atoms with E-state index in [1.54, 1.807) is 17.9 Å². The summed E-state index contributed by atoms with van der Waals surface area (Å²) in [4.78, 5) is 12.0. The van der Waals surface area contributed by atoms with Crippen molar-refractivity contribution in [2.75, 3.05) is 11.1 Å². The van der Waals surface area contributed by atoms with Gasteiger partial charge in [-0.15, -0.1) is 0 Å². The molecule has 3 N–H and O–H groups in total. The second-order valence-electron chi connectivity index (χ2n) is 4.21. The number of carbonyl (C=O) groups is 1. The minimum atomic E-state index is -0.602. The first kappa shape index (κ1) is 13.1. The Hall–Kier alpha value is -2.37. The van der Waals surface area contributed by atoms with Gasteiger partial charge in [-0.2, -0.15) is 5.10 Å². The third kappa shape index (κ3) is 2.73. The van der Waals surface area contributed by atoms with Gasteiger partial charge in [0.25, 0.3) is 5.91 Å². The molecule has 0 saturated heterocycles. The number of aromatic nitrogens is 2. The van der Waals surface area contributed by atoms with Gasteiger partial charge in [0.05, 0.1) is 17.1 Å². The van der Waals surface area contributed by atoms with E-state index >= 15 is 0 Å². The van der Waals surface area contributed by atoms with Crippen molar-refractivity contribution < 1.29 is 9.18 Å². The summed E-state index contributed by atoms with van der Waals surface area (Å²) in [7, 11) is 1.78. The zero-order chi connectivity index (χ0) is 14.0. The number of amides is 1. The van der Waals surface area contributed by atoms with Crippen LogP contribution in [0, 0.1) is 5.82 Å². The lowest BCUT2D eigenvalue weighted by molar-refractivity contribution is 0.102. The Kier molecular flexibility index (Phi) is 3.50. The molecule has 0 fully saturated rings. The van der Waals surface area contributed by atoms with Crippen molar-refractivity contribution in [2.24, 2.45) is 7.05 Å². The molecule has 0 unspecified atom stereocenters. The van der Waals surface area contributed by atoms with Gasteiger partial charge in [-0.05, 0) is 24.6 Å². The predicted molar refractivity (Wildman–Crippen MR) is 71.4 cm³/mol. The molecule has 0 saturated carbocycles. The van der Waals surface area contributed by atoms with Crippen molar-refractivity contribution >= 4 is 17.3 Å². The molecule has 100 valence electrons. The Labute approximate surface area is 110 Å². The molecule has 2 rings (SSSR count). The van der Waals surface area contributed by atoms with Crippen molar-refractivity contribution in [3.63, 3.8) is 0 Å². The number of hydrogen-bond acceptors (Lipinski definition) is 3. The fourth-order valence-electron chi connectivity index (χ4n) is 1.76. The van der Waals surface area contributed by atoms with Crippen LogP contribution in [0.25, 0.3) is 0 Å². The van der Waals surface area contributed by atoms with Crippen LogP contribution in [0.15, 0.2) is 24.4 Å². The molecule has 0 aliphatic carbocycles. The normalized spacial score (nSPS) is 10.5. The number of nitrogens with two attached hydrogens (primary N) is 1. The quantitative estimate of drug-likeness (QED) is 0.830. The zero-order valence-electron chi connectivity index (χ0n) is 10.8. The number of nitrogens with zero attached hydrogens (tertiary/aromatic N) is 2. The van der Waals surface area contributed by atoms with Gasteiger partial charge in [0.1, 0.15) is 5.82 Å². The number of benzene rings is 1. The maximum absolute atomic E-state index is 13.3. The summed E-state index contributed by atoms with van der Waals surface area (Å²) < 4.78 is 14.9. The van der Waals surface area contributed by atoms with Gasteiger partial charge >= 0.3 is 0 Å². The van der Waals surface area contributed by atoms with Gasteiger partial charge in [0.2, 0.25) is 0 Å². The Morgan fingerprint density at radius 3 is 2.89 bits per heavy atom. The van der Waals surface area contributed by atoms with Crippen LogP contribution in [-0.4, -0.2) is 15.7 Å². The molecule has 0 aliphatic rings. The number of anilines is 2. The van der Waals surface area contributed by atoms with Crippen molar-refractivity contribution in [2.45, 2.75) is 13.3 Å². The van der Waals surface area contributed by atoms with E-state index in [1.807, 2.05) is 6.92 Å². The SMILES string of the molecule is CCc1nn(C)cc1NC(=O)c1ccc(N)c(F)c1. The summed E-state index contributed by atoms with van der Waals surface area (Å²) in [5.41, 5.74) is 7.03. The van der Waals surface area contributed by atoms with E-state index in [0.717, 1.165) is 11.8 Å². The molecule has 1 aromatic carbocycles. The molecule has 0 aliphatic heterocycles. The maximum atomic E-state index is 13.3. The summed E-state index contributed by atoms with van der Waals surface area (Å²) in [5.74, 6) is -0.990. The average Bonchev–Trinajstić information content (AvgIpc) is 2.72. The van der Waals surface area contributed by atoms with Crippen molar-refractivity contribution in [1.82, 2.24) is 9.78 Å². The third-order valence-corrected chi connectivity index (χ3v) is 2.75. The fourth-order valence-corrected chi connectivity index (χ4v) is 1.76. The van der Waals surface area contributed by atoms with Crippen LogP contribution < -0.4 is 11.1 Å². The second kappa shape index (κ2) is 5.09. The molecular weight excluding hydrogens is 247 g/mol. The average molecular weight is 262 g/mol. The highest BCUT2D eigenvalue weighted by Crippen LogP contribution is 2.17. The number of aryl methyl sites for hydroxylation is 2. The largest absolute Gasteiger partial charge is 0.396 e. The van der Waals surface area contributed by atoms with Crippen LogP contribution in [-0.2, 0) is 13.5 Å². The highest BCUT2D eigenvalue weighted by Gasteiger charge is 2.12. The Balaban J connectivity index is 2.22. The highest BCUT2D eigenvalue weighted by molar-refractivity contribution is 6.04. The van der Waals surface area contributed by atoms with Gasteiger partial charge in [-0.3, -0.25) is 9.48 Å². The molecule has 1 amide bonds. The Morgan fingerprint density at radius 2 is 2.26 bits per heavy atom. The lowest BCUT2D eigenvalue weighted by atomic mass is 10.2. The number of hydrogen-bond donors (Lipinski definition) is 2. The monoisotopic (exact) mass is 262 g/mol. The number of rotatable bonds is 3. The molecule has 1 aromatic heterocycles. The molecule has 6 heteroatoms.